The first-order valence-electron chi connectivity index (χ1n) is 7.55. The van der Waals surface area contributed by atoms with Crippen molar-refractivity contribution >= 4 is 5.91 Å². The molecule has 1 fully saturated rings. The third kappa shape index (κ3) is 5.09. The summed E-state index contributed by atoms with van der Waals surface area (Å²) >= 11 is 0. The second kappa shape index (κ2) is 7.16. The van der Waals surface area contributed by atoms with Gasteiger partial charge in [0.05, 0.1) is 12.1 Å². The second-order valence-corrected chi connectivity index (χ2v) is 5.79. The maximum absolute atomic E-state index is 12.5. The molecule has 0 aromatic carbocycles. The number of likely N-dealkylation sites (tertiary alicyclic amines) is 1. The molecule has 1 aliphatic rings. The van der Waals surface area contributed by atoms with E-state index in [4.69, 9.17) is 0 Å². The molecule has 0 saturated carbocycles. The summed E-state index contributed by atoms with van der Waals surface area (Å²) < 4.78 is 37.5. The maximum atomic E-state index is 12.5. The molecule has 2 rings (SSSR count). The monoisotopic (exact) mass is 331 g/mol. The Morgan fingerprint density at radius 2 is 2.17 bits per heavy atom. The van der Waals surface area contributed by atoms with Crippen LogP contribution in [0, 0.1) is 5.92 Å². The molecule has 8 heteroatoms. The van der Waals surface area contributed by atoms with Crippen LogP contribution in [0.2, 0.25) is 0 Å². The molecule has 0 spiro atoms. The van der Waals surface area contributed by atoms with Gasteiger partial charge in [-0.1, -0.05) is 6.92 Å². The van der Waals surface area contributed by atoms with E-state index in [9.17, 15) is 22.8 Å². The van der Waals surface area contributed by atoms with E-state index in [2.05, 4.69) is 4.98 Å². The summed E-state index contributed by atoms with van der Waals surface area (Å²) in [4.78, 5) is 28.7. The summed E-state index contributed by atoms with van der Waals surface area (Å²) in [5, 5.41) is 0. The Kier molecular flexibility index (Phi) is 5.46. The molecule has 2 heterocycles. The Labute approximate surface area is 132 Å². The van der Waals surface area contributed by atoms with Crippen molar-refractivity contribution in [1.82, 2.24) is 14.8 Å². The van der Waals surface area contributed by atoms with E-state index in [-0.39, 0.29) is 17.4 Å². The summed E-state index contributed by atoms with van der Waals surface area (Å²) in [6.07, 6.45) is -2.16. The average molecular weight is 331 g/mol. The Hall–Kier alpha value is -1.83. The number of halogens is 3. The van der Waals surface area contributed by atoms with E-state index in [0.717, 1.165) is 0 Å². The number of rotatable bonds is 5. The van der Waals surface area contributed by atoms with Crippen molar-refractivity contribution in [3.05, 3.63) is 34.2 Å². The zero-order chi connectivity index (χ0) is 17.0. The van der Waals surface area contributed by atoms with Gasteiger partial charge in [0.25, 0.3) is 5.91 Å². The Morgan fingerprint density at radius 3 is 2.74 bits per heavy atom. The van der Waals surface area contributed by atoms with Crippen LogP contribution in [-0.2, 0) is 0 Å². The van der Waals surface area contributed by atoms with E-state index in [1.165, 1.54) is 23.2 Å². The number of hydrogen-bond donors (Lipinski definition) is 1. The van der Waals surface area contributed by atoms with E-state index >= 15 is 0 Å². The second-order valence-electron chi connectivity index (χ2n) is 5.79. The number of nitrogens with zero attached hydrogens (tertiary/aromatic N) is 2. The lowest BCUT2D eigenvalue weighted by molar-refractivity contribution is -0.146. The lowest BCUT2D eigenvalue weighted by Gasteiger charge is -2.25. The number of alkyl halides is 3. The predicted molar refractivity (Wildman–Crippen MR) is 79.2 cm³/mol. The van der Waals surface area contributed by atoms with Crippen LogP contribution in [0.1, 0.15) is 23.7 Å². The summed E-state index contributed by atoms with van der Waals surface area (Å²) in [6.45, 7) is 2.38. The van der Waals surface area contributed by atoms with Crippen LogP contribution in [-0.4, -0.2) is 59.6 Å². The number of hydrogen-bond acceptors (Lipinski definition) is 3. The van der Waals surface area contributed by atoms with Gasteiger partial charge in [-0.3, -0.25) is 14.5 Å². The molecule has 1 saturated heterocycles. The van der Waals surface area contributed by atoms with E-state index in [1.807, 2.05) is 0 Å². The van der Waals surface area contributed by atoms with Crippen molar-refractivity contribution in [2.75, 3.05) is 32.7 Å². The van der Waals surface area contributed by atoms with Gasteiger partial charge < -0.3 is 9.88 Å². The molecule has 1 aliphatic heterocycles. The molecule has 1 aromatic rings. The Morgan fingerprint density at radius 1 is 1.43 bits per heavy atom. The van der Waals surface area contributed by atoms with E-state index < -0.39 is 12.7 Å². The zero-order valence-electron chi connectivity index (χ0n) is 12.9. The first-order chi connectivity index (χ1) is 10.8. The summed E-state index contributed by atoms with van der Waals surface area (Å²) in [6, 6.07) is 2.74. The van der Waals surface area contributed by atoms with Gasteiger partial charge in [-0.2, -0.15) is 13.2 Å². The van der Waals surface area contributed by atoms with Crippen LogP contribution in [0.15, 0.2) is 23.1 Å². The number of aromatic nitrogens is 1. The fourth-order valence-corrected chi connectivity index (χ4v) is 2.82. The summed E-state index contributed by atoms with van der Waals surface area (Å²) in [7, 11) is 0. The number of carbonyl (C=O) groups excluding carboxylic acids is 1. The Bertz CT molecular complexity index is 580. The van der Waals surface area contributed by atoms with Crippen LogP contribution >= 0.6 is 0 Å². The van der Waals surface area contributed by atoms with Gasteiger partial charge in [0.15, 0.2) is 0 Å². The molecular weight excluding hydrogens is 311 g/mol. The van der Waals surface area contributed by atoms with E-state index in [0.29, 0.717) is 38.2 Å². The smallest absolute Gasteiger partial charge is 0.338 e. The third-order valence-electron chi connectivity index (χ3n) is 3.97. The maximum Gasteiger partial charge on any atom is 0.401 e. The van der Waals surface area contributed by atoms with Crippen LogP contribution in [0.5, 0.6) is 0 Å². The number of aromatic amines is 1. The molecule has 1 N–H and O–H groups in total. The zero-order valence-corrected chi connectivity index (χ0v) is 12.9. The number of nitrogens with one attached hydrogen (secondary N) is 1. The molecular formula is C15H20F3N3O2. The van der Waals surface area contributed by atoms with Gasteiger partial charge >= 0.3 is 6.18 Å². The molecule has 0 bridgehead atoms. The number of H-pyrrole nitrogens is 1. The molecule has 128 valence electrons. The first-order valence-corrected chi connectivity index (χ1v) is 7.55. The number of pyridine rings is 1. The molecule has 5 nitrogen and oxygen atoms in total. The molecule has 1 amide bonds. The molecule has 1 aromatic heterocycles. The van der Waals surface area contributed by atoms with Crippen molar-refractivity contribution in [3.8, 4) is 0 Å². The van der Waals surface area contributed by atoms with Crippen LogP contribution in [0.25, 0.3) is 0 Å². The molecule has 1 atom stereocenters. The summed E-state index contributed by atoms with van der Waals surface area (Å²) in [5.74, 6) is -0.174. The van der Waals surface area contributed by atoms with Gasteiger partial charge in [0, 0.05) is 31.9 Å². The lowest BCUT2D eigenvalue weighted by Crippen LogP contribution is -2.38. The Balaban J connectivity index is 1.91. The van der Waals surface area contributed by atoms with Crippen LogP contribution in [0.3, 0.4) is 0 Å². The molecule has 23 heavy (non-hydrogen) atoms. The van der Waals surface area contributed by atoms with Gasteiger partial charge in [-0.15, -0.1) is 0 Å². The van der Waals surface area contributed by atoms with E-state index in [1.54, 1.807) is 11.8 Å². The van der Waals surface area contributed by atoms with Crippen molar-refractivity contribution in [2.24, 2.45) is 5.92 Å². The van der Waals surface area contributed by atoms with Crippen molar-refractivity contribution in [1.29, 1.82) is 0 Å². The summed E-state index contributed by atoms with van der Waals surface area (Å²) in [5.41, 5.74) is 0.0967. The highest BCUT2D eigenvalue weighted by atomic mass is 19.4. The highest BCUT2D eigenvalue weighted by molar-refractivity contribution is 5.94. The molecule has 0 aliphatic carbocycles. The minimum atomic E-state index is -4.21. The largest absolute Gasteiger partial charge is 0.401 e. The van der Waals surface area contributed by atoms with Crippen molar-refractivity contribution in [3.63, 3.8) is 0 Å². The lowest BCUT2D eigenvalue weighted by atomic mass is 10.1. The van der Waals surface area contributed by atoms with Gasteiger partial charge in [-0.05, 0) is 24.9 Å². The fraction of sp³-hybridized carbons (Fsp3) is 0.600. The van der Waals surface area contributed by atoms with Crippen LogP contribution in [0.4, 0.5) is 13.2 Å². The van der Waals surface area contributed by atoms with Crippen molar-refractivity contribution in [2.45, 2.75) is 19.5 Å². The third-order valence-corrected chi connectivity index (χ3v) is 3.97. The predicted octanol–water partition coefficient (Wildman–Crippen LogP) is 1.72. The first kappa shape index (κ1) is 17.5. The topological polar surface area (TPSA) is 56.4 Å². The quantitative estimate of drug-likeness (QED) is 0.894. The standard InChI is InChI=1S/C15H20F3N3O2/c1-2-20(10-15(16,17)18)8-11-5-6-21(9-11)14(23)12-3-4-13(22)19-7-12/h3-4,7,11H,2,5-6,8-10H2,1H3,(H,19,22). The average Bonchev–Trinajstić information content (AvgIpc) is 2.93. The minimum Gasteiger partial charge on any atom is -0.338 e. The van der Waals surface area contributed by atoms with Gasteiger partial charge in [0.2, 0.25) is 5.56 Å². The normalized spacial score (nSPS) is 18.7. The SMILES string of the molecule is CCN(CC1CCN(C(=O)c2ccc(=O)[nH]c2)C1)CC(F)(F)F. The minimum absolute atomic E-state index is 0.0315. The number of carbonyl (C=O) groups is 1. The fourth-order valence-electron chi connectivity index (χ4n) is 2.82. The molecule has 0 radical (unpaired) electrons. The molecule has 1 unspecified atom stereocenters. The van der Waals surface area contributed by atoms with Gasteiger partial charge in [-0.25, -0.2) is 0 Å². The van der Waals surface area contributed by atoms with Gasteiger partial charge in [0.1, 0.15) is 0 Å². The van der Waals surface area contributed by atoms with Crippen LogP contribution < -0.4 is 5.56 Å². The highest BCUT2D eigenvalue weighted by Gasteiger charge is 2.33. The number of amides is 1. The highest BCUT2D eigenvalue weighted by Crippen LogP contribution is 2.22. The van der Waals surface area contributed by atoms with Crippen molar-refractivity contribution < 1.29 is 18.0 Å².